The molecule has 0 aliphatic carbocycles. The van der Waals surface area contributed by atoms with Gasteiger partial charge in [-0.05, 0) is 42.7 Å². The molecule has 0 radical (unpaired) electrons. The highest BCUT2D eigenvalue weighted by molar-refractivity contribution is 7.80. The second kappa shape index (κ2) is 7.25. The van der Waals surface area contributed by atoms with Crippen molar-refractivity contribution in [2.45, 2.75) is 13.0 Å². The molecule has 2 N–H and O–H groups in total. The van der Waals surface area contributed by atoms with Crippen LogP contribution in [0.5, 0.6) is 5.75 Å². The van der Waals surface area contributed by atoms with Crippen molar-refractivity contribution in [2.24, 2.45) is 0 Å². The molecule has 1 atom stereocenters. The number of amides is 1. The van der Waals surface area contributed by atoms with Gasteiger partial charge in [-0.15, -0.1) is 11.3 Å². The van der Waals surface area contributed by atoms with Gasteiger partial charge in [0.05, 0.1) is 24.4 Å². The predicted octanol–water partition coefficient (Wildman–Crippen LogP) is 3.53. The molecule has 3 rings (SSSR count). The average Bonchev–Trinajstić information content (AvgIpc) is 3.14. The minimum absolute atomic E-state index is 0.178. The maximum absolute atomic E-state index is 13.1. The summed E-state index contributed by atoms with van der Waals surface area (Å²) in [5.41, 5.74) is 2.11. The summed E-state index contributed by atoms with van der Waals surface area (Å²) < 4.78 is 5.32. The molecule has 0 spiro atoms. The summed E-state index contributed by atoms with van der Waals surface area (Å²) in [6.45, 7) is 1.91. The second-order valence-electron chi connectivity index (χ2n) is 5.61. The third kappa shape index (κ3) is 3.38. The van der Waals surface area contributed by atoms with Gasteiger partial charge >= 0.3 is 0 Å². The lowest BCUT2D eigenvalue weighted by atomic mass is 10.00. The van der Waals surface area contributed by atoms with Gasteiger partial charge in [-0.3, -0.25) is 4.79 Å². The molecule has 0 bridgehead atoms. The number of thiocarbonyl (C=S) groups is 1. The van der Waals surface area contributed by atoms with E-state index < -0.39 is 0 Å². The maximum Gasteiger partial charge on any atom is 0.255 e. The number of carbonyl (C=O) groups is 1. The number of allylic oxidation sites excluding steroid dienone is 1. The first-order valence-electron chi connectivity index (χ1n) is 7.75. The largest absolute Gasteiger partial charge is 0.495 e. The van der Waals surface area contributed by atoms with Gasteiger partial charge in [0, 0.05) is 17.6 Å². The van der Waals surface area contributed by atoms with Gasteiger partial charge in [-0.1, -0.05) is 18.2 Å². The van der Waals surface area contributed by atoms with Crippen LogP contribution in [0.25, 0.3) is 0 Å². The molecule has 1 aromatic carbocycles. The first-order chi connectivity index (χ1) is 12.0. The van der Waals surface area contributed by atoms with Crippen LogP contribution in [0.3, 0.4) is 0 Å². The molecule has 1 aromatic heterocycles. The van der Waals surface area contributed by atoms with Crippen LogP contribution in [0, 0.1) is 0 Å². The molecule has 1 aliphatic rings. The fraction of sp³-hybridized carbons (Fsp3) is 0.222. The Balaban J connectivity index is 1.98. The Hall–Kier alpha value is -2.38. The summed E-state index contributed by atoms with van der Waals surface area (Å²) in [4.78, 5) is 15.9. The number of thiophene rings is 1. The summed E-state index contributed by atoms with van der Waals surface area (Å²) in [5.74, 6) is 0.441. The Morgan fingerprint density at radius 3 is 2.76 bits per heavy atom. The van der Waals surface area contributed by atoms with E-state index in [1.165, 1.54) is 0 Å². The Morgan fingerprint density at radius 2 is 2.08 bits per heavy atom. The van der Waals surface area contributed by atoms with E-state index in [0.29, 0.717) is 22.1 Å². The summed E-state index contributed by atoms with van der Waals surface area (Å²) in [7, 11) is 3.43. The molecule has 130 valence electrons. The van der Waals surface area contributed by atoms with Crippen molar-refractivity contribution in [2.75, 3.05) is 19.5 Å². The van der Waals surface area contributed by atoms with Crippen molar-refractivity contribution in [3.8, 4) is 5.75 Å². The van der Waals surface area contributed by atoms with Crippen LogP contribution in [0.2, 0.25) is 0 Å². The number of nitrogens with one attached hydrogen (secondary N) is 2. The van der Waals surface area contributed by atoms with Crippen LogP contribution in [0.1, 0.15) is 17.8 Å². The fourth-order valence-corrected chi connectivity index (χ4v) is 3.78. The van der Waals surface area contributed by atoms with E-state index in [-0.39, 0.29) is 11.9 Å². The van der Waals surface area contributed by atoms with Gasteiger partial charge < -0.3 is 20.3 Å². The lowest BCUT2D eigenvalue weighted by Crippen LogP contribution is -2.46. The fourth-order valence-electron chi connectivity index (χ4n) is 2.74. The van der Waals surface area contributed by atoms with Crippen molar-refractivity contribution in [3.63, 3.8) is 0 Å². The Bertz CT molecular complexity index is 831. The van der Waals surface area contributed by atoms with Crippen LogP contribution < -0.4 is 15.4 Å². The first-order valence-corrected chi connectivity index (χ1v) is 9.04. The zero-order valence-electron chi connectivity index (χ0n) is 14.2. The molecule has 0 saturated heterocycles. The molecule has 0 saturated carbocycles. The third-order valence-electron chi connectivity index (χ3n) is 4.18. The molecule has 2 aromatic rings. The van der Waals surface area contributed by atoms with Gasteiger partial charge in [0.25, 0.3) is 5.91 Å². The molecule has 2 heterocycles. The third-order valence-corrected chi connectivity index (χ3v) is 5.51. The van der Waals surface area contributed by atoms with Crippen molar-refractivity contribution < 1.29 is 9.53 Å². The van der Waals surface area contributed by atoms with Crippen molar-refractivity contribution >= 4 is 40.3 Å². The van der Waals surface area contributed by atoms with Crippen molar-refractivity contribution in [3.05, 3.63) is 57.9 Å². The molecule has 7 heteroatoms. The highest BCUT2D eigenvalue weighted by Gasteiger charge is 2.33. The molecular formula is C18H19N3O2S2. The van der Waals surface area contributed by atoms with E-state index in [0.717, 1.165) is 10.6 Å². The summed E-state index contributed by atoms with van der Waals surface area (Å²) in [6.07, 6.45) is 0. The summed E-state index contributed by atoms with van der Waals surface area (Å²) in [6, 6.07) is 11.1. The van der Waals surface area contributed by atoms with Crippen molar-refractivity contribution in [1.82, 2.24) is 10.2 Å². The summed E-state index contributed by atoms with van der Waals surface area (Å²) in [5, 5.41) is 8.82. The number of rotatable bonds is 4. The highest BCUT2D eigenvalue weighted by atomic mass is 32.1. The topological polar surface area (TPSA) is 53.6 Å². The molecule has 1 aliphatic heterocycles. The SMILES string of the molecule is COc1ccccc1NC(=O)C1=C(C)N(C)C(=S)N[C@H]1c1cccs1. The quantitative estimate of drug-likeness (QED) is 0.803. The lowest BCUT2D eigenvalue weighted by molar-refractivity contribution is -0.113. The normalized spacial score (nSPS) is 17.3. The van der Waals surface area contributed by atoms with Crippen LogP contribution in [-0.4, -0.2) is 30.1 Å². The van der Waals surface area contributed by atoms with E-state index in [2.05, 4.69) is 10.6 Å². The number of anilines is 1. The number of nitrogens with zero attached hydrogens (tertiary/aromatic N) is 1. The smallest absolute Gasteiger partial charge is 0.255 e. The monoisotopic (exact) mass is 373 g/mol. The number of benzene rings is 1. The Kier molecular flexibility index (Phi) is 5.06. The second-order valence-corrected chi connectivity index (χ2v) is 6.98. The van der Waals surface area contributed by atoms with Crippen LogP contribution in [0.15, 0.2) is 53.0 Å². The zero-order valence-corrected chi connectivity index (χ0v) is 15.8. The highest BCUT2D eigenvalue weighted by Crippen LogP contribution is 2.34. The molecule has 0 unspecified atom stereocenters. The number of para-hydroxylation sites is 2. The van der Waals surface area contributed by atoms with Gasteiger partial charge in [0.15, 0.2) is 5.11 Å². The van der Waals surface area contributed by atoms with E-state index in [4.69, 9.17) is 17.0 Å². The Morgan fingerprint density at radius 1 is 1.32 bits per heavy atom. The number of hydrogen-bond donors (Lipinski definition) is 2. The van der Waals surface area contributed by atoms with Crippen LogP contribution in [-0.2, 0) is 4.79 Å². The maximum atomic E-state index is 13.1. The molecule has 25 heavy (non-hydrogen) atoms. The Labute approximate surface area is 156 Å². The minimum atomic E-state index is -0.265. The number of carbonyl (C=O) groups excluding carboxylic acids is 1. The van der Waals surface area contributed by atoms with Crippen LogP contribution in [0.4, 0.5) is 5.69 Å². The van der Waals surface area contributed by atoms with Gasteiger partial charge in [-0.2, -0.15) is 0 Å². The standard InChI is InChI=1S/C18H19N3O2S2/c1-11-15(17(22)19-12-7-4-5-8-13(12)23-3)16(14-9-6-10-25-14)20-18(24)21(11)2/h4-10,16H,1-3H3,(H,19,22)(H,20,24)/t16-/m0/s1. The zero-order chi connectivity index (χ0) is 18.0. The summed E-state index contributed by atoms with van der Waals surface area (Å²) >= 11 is 6.99. The van der Waals surface area contributed by atoms with Gasteiger partial charge in [0.1, 0.15) is 5.75 Å². The number of hydrogen-bond acceptors (Lipinski definition) is 4. The first kappa shape index (κ1) is 17.4. The molecule has 5 nitrogen and oxygen atoms in total. The minimum Gasteiger partial charge on any atom is -0.495 e. The van der Waals surface area contributed by atoms with E-state index >= 15 is 0 Å². The van der Waals surface area contributed by atoms with E-state index in [1.807, 2.05) is 60.6 Å². The molecule has 0 fully saturated rings. The van der Waals surface area contributed by atoms with E-state index in [9.17, 15) is 4.79 Å². The molecular weight excluding hydrogens is 354 g/mol. The van der Waals surface area contributed by atoms with Gasteiger partial charge in [-0.25, -0.2) is 0 Å². The number of ether oxygens (including phenoxy) is 1. The number of methoxy groups -OCH3 is 1. The predicted molar refractivity (Wildman–Crippen MR) is 105 cm³/mol. The van der Waals surface area contributed by atoms with E-state index in [1.54, 1.807) is 18.4 Å². The molecule has 1 amide bonds. The lowest BCUT2D eigenvalue weighted by Gasteiger charge is -2.35. The van der Waals surface area contributed by atoms with Crippen LogP contribution >= 0.6 is 23.6 Å². The van der Waals surface area contributed by atoms with Gasteiger partial charge in [0.2, 0.25) is 0 Å². The average molecular weight is 374 g/mol. The van der Waals surface area contributed by atoms with Crippen molar-refractivity contribution in [1.29, 1.82) is 0 Å².